The molecule has 1 fully saturated rings. The van der Waals surface area contributed by atoms with E-state index in [2.05, 4.69) is 32.3 Å². The van der Waals surface area contributed by atoms with E-state index in [1.807, 2.05) is 30.3 Å². The molecule has 2 aliphatic heterocycles. The van der Waals surface area contributed by atoms with Gasteiger partial charge in [0.15, 0.2) is 0 Å². The van der Waals surface area contributed by atoms with Crippen molar-refractivity contribution in [3.63, 3.8) is 0 Å². The van der Waals surface area contributed by atoms with Crippen LogP contribution in [0, 0.1) is 0 Å². The van der Waals surface area contributed by atoms with Crippen molar-refractivity contribution in [3.8, 4) is 11.1 Å². The molecule has 2 N–H and O–H groups in total. The van der Waals surface area contributed by atoms with Crippen molar-refractivity contribution in [3.05, 3.63) is 72.4 Å². The van der Waals surface area contributed by atoms with E-state index in [1.165, 1.54) is 0 Å². The second-order valence-electron chi connectivity index (χ2n) is 8.08. The topological polar surface area (TPSA) is 90.7 Å². The molecule has 0 radical (unpaired) electrons. The number of hydrogen-bond acceptors (Lipinski definition) is 7. The number of anilines is 2. The summed E-state index contributed by atoms with van der Waals surface area (Å²) < 4.78 is 5.17. The minimum absolute atomic E-state index is 0.384. The van der Waals surface area contributed by atoms with Crippen molar-refractivity contribution >= 4 is 28.9 Å². The maximum atomic E-state index is 12.6. The van der Waals surface area contributed by atoms with Gasteiger partial charge in [-0.15, -0.1) is 0 Å². The van der Waals surface area contributed by atoms with E-state index in [1.54, 1.807) is 31.0 Å². The molecule has 1 saturated heterocycles. The number of benzene rings is 1. The molecule has 33 heavy (non-hydrogen) atoms. The predicted molar refractivity (Wildman–Crippen MR) is 127 cm³/mol. The molecule has 0 atom stereocenters. The molecule has 3 aromatic rings. The highest BCUT2D eigenvalue weighted by Gasteiger charge is 2.27. The fourth-order valence-electron chi connectivity index (χ4n) is 4.18. The molecule has 8 heteroatoms. The van der Waals surface area contributed by atoms with Gasteiger partial charge in [0, 0.05) is 49.1 Å². The van der Waals surface area contributed by atoms with E-state index in [9.17, 15) is 9.59 Å². The van der Waals surface area contributed by atoms with Crippen LogP contribution in [0.15, 0.2) is 65.7 Å². The number of hydrogen-bond donors (Lipinski definition) is 2. The summed E-state index contributed by atoms with van der Waals surface area (Å²) in [6.45, 7) is 7.26. The van der Waals surface area contributed by atoms with Gasteiger partial charge in [-0.2, -0.15) is 0 Å². The average Bonchev–Trinajstić information content (AvgIpc) is 3.39. The van der Waals surface area contributed by atoms with Crippen molar-refractivity contribution in [2.75, 3.05) is 42.9 Å². The number of fused-ring (bicyclic) bond motifs is 1. The van der Waals surface area contributed by atoms with Crippen molar-refractivity contribution < 1.29 is 14.0 Å². The van der Waals surface area contributed by atoms with E-state index in [-0.39, 0.29) is 0 Å². The third-order valence-electron chi connectivity index (χ3n) is 6.16. The molecule has 2 aromatic heterocycles. The van der Waals surface area contributed by atoms with E-state index in [0.29, 0.717) is 16.7 Å². The van der Waals surface area contributed by atoms with Gasteiger partial charge in [-0.05, 0) is 42.4 Å². The van der Waals surface area contributed by atoms with E-state index in [4.69, 9.17) is 4.42 Å². The Kier molecular flexibility index (Phi) is 5.66. The number of amides is 2. The van der Waals surface area contributed by atoms with Gasteiger partial charge in [0.25, 0.3) is 11.8 Å². The van der Waals surface area contributed by atoms with E-state index >= 15 is 0 Å². The van der Waals surface area contributed by atoms with Gasteiger partial charge >= 0.3 is 0 Å². The third kappa shape index (κ3) is 4.25. The second-order valence-corrected chi connectivity index (χ2v) is 8.08. The number of nitrogens with one attached hydrogen (secondary N) is 2. The summed E-state index contributed by atoms with van der Waals surface area (Å²) in [7, 11) is 0. The molecule has 0 aliphatic carbocycles. The molecule has 2 aliphatic rings. The first kappa shape index (κ1) is 21.0. The highest BCUT2D eigenvalue weighted by molar-refractivity contribution is 6.31. The van der Waals surface area contributed by atoms with Crippen LogP contribution in [0.5, 0.6) is 0 Å². The standard InChI is InChI=1S/C25H25N5O3/c1-2-29-8-10-30(11-9-29)23-6-4-19(14-27-23)26-15-22-21-13-17(18-7-12-33-16-18)3-5-20(21)24(31)28-25(22)32/h3-7,12-16,26H,2,8-11H2,1H3,(H,28,31,32)/b22-15-. The highest BCUT2D eigenvalue weighted by Crippen LogP contribution is 2.30. The summed E-state index contributed by atoms with van der Waals surface area (Å²) in [5.41, 5.74) is 3.92. The van der Waals surface area contributed by atoms with Gasteiger partial charge < -0.3 is 19.5 Å². The minimum Gasteiger partial charge on any atom is -0.472 e. The number of pyridine rings is 1. The summed E-state index contributed by atoms with van der Waals surface area (Å²) in [5, 5.41) is 5.56. The van der Waals surface area contributed by atoms with Crippen molar-refractivity contribution in [2.45, 2.75) is 6.92 Å². The van der Waals surface area contributed by atoms with Gasteiger partial charge in [-0.1, -0.05) is 13.0 Å². The molecule has 1 aromatic carbocycles. The quantitative estimate of drug-likeness (QED) is 0.462. The number of carbonyl (C=O) groups excluding carboxylic acids is 2. The lowest BCUT2D eigenvalue weighted by atomic mass is 9.92. The Morgan fingerprint density at radius 3 is 2.58 bits per heavy atom. The number of furan rings is 1. The number of imide groups is 1. The fourth-order valence-corrected chi connectivity index (χ4v) is 4.18. The van der Waals surface area contributed by atoms with Gasteiger partial charge in [-0.25, -0.2) is 4.98 Å². The minimum atomic E-state index is -0.442. The molecule has 4 heterocycles. The highest BCUT2D eigenvalue weighted by atomic mass is 16.3. The maximum Gasteiger partial charge on any atom is 0.260 e. The third-order valence-corrected chi connectivity index (χ3v) is 6.16. The summed E-state index contributed by atoms with van der Waals surface area (Å²) in [6.07, 6.45) is 6.60. The summed E-state index contributed by atoms with van der Waals surface area (Å²) >= 11 is 0. The lowest BCUT2D eigenvalue weighted by Crippen LogP contribution is -2.46. The Balaban J connectivity index is 1.36. The molecule has 8 nitrogen and oxygen atoms in total. The van der Waals surface area contributed by atoms with Crippen LogP contribution in [0.1, 0.15) is 22.8 Å². The normalized spacial score (nSPS) is 17.7. The number of piperazine rings is 1. The van der Waals surface area contributed by atoms with Crippen LogP contribution in [-0.4, -0.2) is 54.4 Å². The van der Waals surface area contributed by atoms with Crippen LogP contribution >= 0.6 is 0 Å². The molecule has 0 unspecified atom stereocenters. The average molecular weight is 444 g/mol. The molecular weight excluding hydrogens is 418 g/mol. The SMILES string of the molecule is CCN1CCN(c2ccc(N/C=C3\C(=O)NC(=O)c4ccc(-c5ccoc5)cc43)cn2)CC1. The first-order chi connectivity index (χ1) is 16.1. The first-order valence-corrected chi connectivity index (χ1v) is 11.0. The van der Waals surface area contributed by atoms with Crippen LogP contribution in [0.3, 0.4) is 0 Å². The Morgan fingerprint density at radius 1 is 1.03 bits per heavy atom. The number of aromatic nitrogens is 1. The van der Waals surface area contributed by atoms with Crippen LogP contribution in [0.2, 0.25) is 0 Å². The molecule has 0 bridgehead atoms. The summed E-state index contributed by atoms with van der Waals surface area (Å²) in [6, 6.07) is 11.2. The molecule has 5 rings (SSSR count). The summed E-state index contributed by atoms with van der Waals surface area (Å²) in [4.78, 5) is 34.2. The number of rotatable bonds is 5. The number of nitrogens with zero attached hydrogens (tertiary/aromatic N) is 3. The molecular formula is C25H25N5O3. The monoisotopic (exact) mass is 443 g/mol. The van der Waals surface area contributed by atoms with Gasteiger partial charge in [0.05, 0.1) is 30.0 Å². The predicted octanol–water partition coefficient (Wildman–Crippen LogP) is 3.21. The van der Waals surface area contributed by atoms with Crippen LogP contribution in [-0.2, 0) is 4.79 Å². The molecule has 168 valence electrons. The van der Waals surface area contributed by atoms with E-state index < -0.39 is 11.8 Å². The van der Waals surface area contributed by atoms with Crippen LogP contribution in [0.25, 0.3) is 16.7 Å². The second kappa shape index (κ2) is 8.91. The number of likely N-dealkylation sites (N-methyl/N-ethyl adjacent to an activating group) is 1. The van der Waals surface area contributed by atoms with Crippen LogP contribution < -0.4 is 15.5 Å². The smallest absolute Gasteiger partial charge is 0.260 e. The Hall–Kier alpha value is -3.91. The zero-order valence-corrected chi connectivity index (χ0v) is 18.4. The van der Waals surface area contributed by atoms with Gasteiger partial charge in [-0.3, -0.25) is 14.9 Å². The van der Waals surface area contributed by atoms with Gasteiger partial charge in [0.2, 0.25) is 0 Å². The van der Waals surface area contributed by atoms with Crippen molar-refractivity contribution in [2.24, 2.45) is 0 Å². The largest absolute Gasteiger partial charge is 0.472 e. The fraction of sp³-hybridized carbons (Fsp3) is 0.240. The Bertz CT molecular complexity index is 1190. The van der Waals surface area contributed by atoms with E-state index in [0.717, 1.165) is 55.4 Å². The summed E-state index contributed by atoms with van der Waals surface area (Å²) in [5.74, 6) is 0.0999. The number of carbonyl (C=O) groups is 2. The maximum absolute atomic E-state index is 12.6. The van der Waals surface area contributed by atoms with Crippen LogP contribution in [0.4, 0.5) is 11.5 Å². The van der Waals surface area contributed by atoms with Crippen molar-refractivity contribution in [1.82, 2.24) is 15.2 Å². The zero-order valence-electron chi connectivity index (χ0n) is 18.4. The van der Waals surface area contributed by atoms with Gasteiger partial charge in [0.1, 0.15) is 5.82 Å². The lowest BCUT2D eigenvalue weighted by Gasteiger charge is -2.34. The Morgan fingerprint density at radius 2 is 1.88 bits per heavy atom. The lowest BCUT2D eigenvalue weighted by molar-refractivity contribution is -0.114. The molecule has 0 saturated carbocycles. The molecule has 0 spiro atoms. The molecule has 2 amide bonds. The van der Waals surface area contributed by atoms with Crippen molar-refractivity contribution in [1.29, 1.82) is 0 Å². The first-order valence-electron chi connectivity index (χ1n) is 11.0. The Labute approximate surface area is 191 Å². The zero-order chi connectivity index (χ0) is 22.8.